The van der Waals surface area contributed by atoms with Crippen molar-refractivity contribution in [2.75, 3.05) is 11.9 Å². The Balaban J connectivity index is 1.80. The van der Waals surface area contributed by atoms with Crippen LogP contribution in [0.2, 0.25) is 0 Å². The van der Waals surface area contributed by atoms with E-state index >= 15 is 0 Å². The maximum atomic E-state index is 12.1. The molecule has 0 fully saturated rings. The fraction of sp³-hybridized carbons (Fsp3) is 0.200. The molecule has 2 heterocycles. The number of fused-ring (bicyclic) bond motifs is 1. The van der Waals surface area contributed by atoms with E-state index in [2.05, 4.69) is 15.6 Å². The third kappa shape index (κ3) is 2.63. The molecule has 19 heavy (non-hydrogen) atoms. The standard InChI is InChI=1S/C15H15N3O/c19-15(18-14-3-1-2-7-17-14)12-4-5-13-10-16-8-6-11(13)9-12/h1-5,7,9,16H,6,8,10H2,(H,17,18,19). The number of anilines is 1. The first kappa shape index (κ1) is 11.9. The molecule has 1 aliphatic rings. The summed E-state index contributed by atoms with van der Waals surface area (Å²) in [5, 5.41) is 6.12. The number of rotatable bonds is 2. The second-order valence-corrected chi connectivity index (χ2v) is 4.58. The molecule has 0 spiro atoms. The predicted molar refractivity (Wildman–Crippen MR) is 74.0 cm³/mol. The number of hydrogen-bond acceptors (Lipinski definition) is 3. The van der Waals surface area contributed by atoms with Gasteiger partial charge in [0.2, 0.25) is 0 Å². The van der Waals surface area contributed by atoms with Gasteiger partial charge >= 0.3 is 0 Å². The van der Waals surface area contributed by atoms with E-state index in [4.69, 9.17) is 0 Å². The molecule has 2 N–H and O–H groups in total. The van der Waals surface area contributed by atoms with Crippen molar-refractivity contribution < 1.29 is 4.79 Å². The van der Waals surface area contributed by atoms with Crippen molar-refractivity contribution in [1.82, 2.24) is 10.3 Å². The van der Waals surface area contributed by atoms with Crippen molar-refractivity contribution in [3.63, 3.8) is 0 Å². The van der Waals surface area contributed by atoms with Gasteiger partial charge in [-0.3, -0.25) is 4.79 Å². The first-order valence-corrected chi connectivity index (χ1v) is 6.38. The summed E-state index contributed by atoms with van der Waals surface area (Å²) >= 11 is 0. The molecule has 0 saturated heterocycles. The van der Waals surface area contributed by atoms with Gasteiger partial charge in [0.25, 0.3) is 5.91 Å². The molecule has 4 heteroatoms. The monoisotopic (exact) mass is 253 g/mol. The van der Waals surface area contributed by atoms with Gasteiger partial charge in [-0.25, -0.2) is 4.98 Å². The lowest BCUT2D eigenvalue weighted by Crippen LogP contribution is -2.24. The lowest BCUT2D eigenvalue weighted by Gasteiger charge is -2.17. The summed E-state index contributed by atoms with van der Waals surface area (Å²) in [6.07, 6.45) is 2.63. The summed E-state index contributed by atoms with van der Waals surface area (Å²) < 4.78 is 0. The summed E-state index contributed by atoms with van der Waals surface area (Å²) in [7, 11) is 0. The van der Waals surface area contributed by atoms with Gasteiger partial charge in [-0.1, -0.05) is 12.1 Å². The minimum Gasteiger partial charge on any atom is -0.312 e. The molecule has 0 aliphatic carbocycles. The van der Waals surface area contributed by atoms with Gasteiger partial charge in [0.1, 0.15) is 5.82 Å². The molecule has 2 aromatic rings. The van der Waals surface area contributed by atoms with Crippen LogP contribution in [0.25, 0.3) is 0 Å². The van der Waals surface area contributed by atoms with Gasteiger partial charge in [0, 0.05) is 18.3 Å². The van der Waals surface area contributed by atoms with Crippen molar-refractivity contribution in [1.29, 1.82) is 0 Å². The predicted octanol–water partition coefficient (Wildman–Crippen LogP) is 1.98. The molecule has 1 amide bonds. The highest BCUT2D eigenvalue weighted by atomic mass is 16.1. The van der Waals surface area contributed by atoms with Gasteiger partial charge in [-0.05, 0) is 48.4 Å². The Hall–Kier alpha value is -2.20. The Morgan fingerprint density at radius 3 is 3.00 bits per heavy atom. The number of hydrogen-bond donors (Lipinski definition) is 2. The SMILES string of the molecule is O=C(Nc1ccccn1)c1ccc2c(c1)CCNC2. The van der Waals surface area contributed by atoms with Crippen molar-refractivity contribution in [2.45, 2.75) is 13.0 Å². The zero-order chi connectivity index (χ0) is 13.1. The van der Waals surface area contributed by atoms with Crippen molar-refractivity contribution in [3.8, 4) is 0 Å². The van der Waals surface area contributed by atoms with Crippen molar-refractivity contribution in [2.24, 2.45) is 0 Å². The van der Waals surface area contributed by atoms with Crippen LogP contribution in [-0.4, -0.2) is 17.4 Å². The van der Waals surface area contributed by atoms with Gasteiger partial charge in [0.05, 0.1) is 0 Å². The molecular weight excluding hydrogens is 238 g/mol. The zero-order valence-corrected chi connectivity index (χ0v) is 10.5. The van der Waals surface area contributed by atoms with Crippen LogP contribution < -0.4 is 10.6 Å². The molecule has 96 valence electrons. The fourth-order valence-electron chi connectivity index (χ4n) is 2.24. The number of nitrogens with zero attached hydrogens (tertiary/aromatic N) is 1. The Bertz CT molecular complexity index is 596. The van der Waals surface area contributed by atoms with Crippen LogP contribution in [0.1, 0.15) is 21.5 Å². The number of benzene rings is 1. The highest BCUT2D eigenvalue weighted by molar-refractivity contribution is 6.03. The third-order valence-electron chi connectivity index (χ3n) is 3.26. The highest BCUT2D eigenvalue weighted by Crippen LogP contribution is 2.16. The van der Waals surface area contributed by atoms with Crippen LogP contribution in [0, 0.1) is 0 Å². The number of carbonyl (C=O) groups excluding carboxylic acids is 1. The molecule has 0 bridgehead atoms. The topological polar surface area (TPSA) is 54.0 Å². The van der Waals surface area contributed by atoms with Crippen LogP contribution in [0.3, 0.4) is 0 Å². The number of aromatic nitrogens is 1. The summed E-state index contributed by atoms with van der Waals surface area (Å²) in [5.74, 6) is 0.465. The van der Waals surface area contributed by atoms with Gasteiger partial charge in [-0.15, -0.1) is 0 Å². The summed E-state index contributed by atoms with van der Waals surface area (Å²) in [6, 6.07) is 11.3. The lowest BCUT2D eigenvalue weighted by atomic mass is 9.98. The average molecular weight is 253 g/mol. The molecule has 1 aromatic heterocycles. The number of carbonyl (C=O) groups is 1. The van der Waals surface area contributed by atoms with Crippen LogP contribution in [-0.2, 0) is 13.0 Å². The molecular formula is C15H15N3O. The molecule has 0 atom stereocenters. The lowest BCUT2D eigenvalue weighted by molar-refractivity contribution is 0.102. The van der Waals surface area contributed by atoms with Crippen LogP contribution in [0.5, 0.6) is 0 Å². The molecule has 1 aliphatic heterocycles. The number of pyridine rings is 1. The van der Waals surface area contributed by atoms with Gasteiger partial charge < -0.3 is 10.6 Å². The molecule has 0 saturated carbocycles. The normalized spacial score (nSPS) is 13.7. The second-order valence-electron chi connectivity index (χ2n) is 4.58. The van der Waals surface area contributed by atoms with E-state index in [1.165, 1.54) is 11.1 Å². The van der Waals surface area contributed by atoms with Crippen molar-refractivity contribution in [3.05, 3.63) is 59.3 Å². The molecule has 4 nitrogen and oxygen atoms in total. The Kier molecular flexibility index (Phi) is 3.25. The second kappa shape index (κ2) is 5.20. The van der Waals surface area contributed by atoms with Gasteiger partial charge in [-0.2, -0.15) is 0 Å². The van der Waals surface area contributed by atoms with Crippen LogP contribution in [0.15, 0.2) is 42.6 Å². The smallest absolute Gasteiger partial charge is 0.256 e. The van der Waals surface area contributed by atoms with E-state index in [0.717, 1.165) is 19.5 Å². The largest absolute Gasteiger partial charge is 0.312 e. The highest BCUT2D eigenvalue weighted by Gasteiger charge is 2.12. The minimum absolute atomic E-state index is 0.111. The zero-order valence-electron chi connectivity index (χ0n) is 10.5. The third-order valence-corrected chi connectivity index (χ3v) is 3.26. The van der Waals surface area contributed by atoms with E-state index in [1.54, 1.807) is 12.3 Å². The molecule has 1 aromatic carbocycles. The Morgan fingerprint density at radius 2 is 2.16 bits per heavy atom. The Labute approximate surface area is 111 Å². The van der Waals surface area contributed by atoms with Gasteiger partial charge in [0.15, 0.2) is 0 Å². The maximum absolute atomic E-state index is 12.1. The molecule has 3 rings (SSSR count). The van der Waals surface area contributed by atoms with E-state index in [9.17, 15) is 4.79 Å². The maximum Gasteiger partial charge on any atom is 0.256 e. The first-order valence-electron chi connectivity index (χ1n) is 6.38. The fourth-order valence-corrected chi connectivity index (χ4v) is 2.24. The molecule has 0 radical (unpaired) electrons. The molecule has 0 unspecified atom stereocenters. The summed E-state index contributed by atoms with van der Waals surface area (Å²) in [6.45, 7) is 1.86. The van der Waals surface area contributed by atoms with E-state index in [1.807, 2.05) is 30.3 Å². The number of amides is 1. The van der Waals surface area contributed by atoms with E-state index < -0.39 is 0 Å². The Morgan fingerprint density at radius 1 is 1.21 bits per heavy atom. The number of nitrogens with one attached hydrogen (secondary N) is 2. The quantitative estimate of drug-likeness (QED) is 0.860. The van der Waals surface area contributed by atoms with Crippen molar-refractivity contribution >= 4 is 11.7 Å². The first-order chi connectivity index (χ1) is 9.33. The van der Waals surface area contributed by atoms with Crippen LogP contribution >= 0.6 is 0 Å². The minimum atomic E-state index is -0.111. The van der Waals surface area contributed by atoms with E-state index in [-0.39, 0.29) is 5.91 Å². The summed E-state index contributed by atoms with van der Waals surface area (Å²) in [4.78, 5) is 16.2. The average Bonchev–Trinajstić information content (AvgIpc) is 2.48. The van der Waals surface area contributed by atoms with E-state index in [0.29, 0.717) is 11.4 Å². The van der Waals surface area contributed by atoms with Crippen LogP contribution in [0.4, 0.5) is 5.82 Å². The summed E-state index contributed by atoms with van der Waals surface area (Å²) in [5.41, 5.74) is 3.22.